The van der Waals surface area contributed by atoms with E-state index in [0.717, 1.165) is 24.9 Å². The zero-order valence-corrected chi connectivity index (χ0v) is 10.1. The Bertz CT molecular complexity index is 340. The van der Waals surface area contributed by atoms with E-state index in [1.54, 1.807) is 0 Å². The zero-order valence-electron chi connectivity index (χ0n) is 10.1. The van der Waals surface area contributed by atoms with Gasteiger partial charge in [0, 0.05) is 25.3 Å². The highest BCUT2D eigenvalue weighted by molar-refractivity contribution is 5.43. The number of nitrogens with one attached hydrogen (secondary N) is 1. The highest BCUT2D eigenvalue weighted by Gasteiger charge is 2.19. The largest absolute Gasteiger partial charge is 0.354 e. The van der Waals surface area contributed by atoms with Crippen molar-refractivity contribution >= 4 is 11.8 Å². The summed E-state index contributed by atoms with van der Waals surface area (Å²) in [5, 5.41) is 3.15. The average molecular weight is 220 g/mol. The zero-order chi connectivity index (χ0) is 11.4. The lowest BCUT2D eigenvalue weighted by Crippen LogP contribution is -2.38. The Morgan fingerprint density at radius 2 is 2.38 bits per heavy atom. The van der Waals surface area contributed by atoms with Crippen LogP contribution in [-0.4, -0.2) is 29.1 Å². The van der Waals surface area contributed by atoms with Gasteiger partial charge in [0.25, 0.3) is 0 Å². The van der Waals surface area contributed by atoms with Gasteiger partial charge in [-0.1, -0.05) is 0 Å². The van der Waals surface area contributed by atoms with Gasteiger partial charge in [-0.3, -0.25) is 0 Å². The van der Waals surface area contributed by atoms with Crippen LogP contribution in [0.3, 0.4) is 0 Å². The SMILES string of the molecule is CCNc1nccc(N2CCCCC2C)n1. The number of piperidine rings is 1. The first-order valence-corrected chi connectivity index (χ1v) is 6.15. The monoisotopic (exact) mass is 220 g/mol. The van der Waals surface area contributed by atoms with E-state index in [9.17, 15) is 0 Å². The van der Waals surface area contributed by atoms with Gasteiger partial charge >= 0.3 is 0 Å². The third-order valence-electron chi connectivity index (χ3n) is 3.07. The summed E-state index contributed by atoms with van der Waals surface area (Å²) < 4.78 is 0. The van der Waals surface area contributed by atoms with Gasteiger partial charge in [-0.2, -0.15) is 4.98 Å². The molecule has 0 aliphatic carbocycles. The Labute approximate surface area is 97.1 Å². The topological polar surface area (TPSA) is 41.1 Å². The second-order valence-electron chi connectivity index (χ2n) is 4.31. The Kier molecular flexibility index (Phi) is 3.59. The smallest absolute Gasteiger partial charge is 0.224 e. The Morgan fingerprint density at radius 1 is 1.50 bits per heavy atom. The number of anilines is 2. The van der Waals surface area contributed by atoms with Crippen molar-refractivity contribution in [2.75, 3.05) is 23.3 Å². The van der Waals surface area contributed by atoms with Crippen molar-refractivity contribution in [3.63, 3.8) is 0 Å². The molecule has 0 bridgehead atoms. The van der Waals surface area contributed by atoms with Gasteiger partial charge in [-0.05, 0) is 39.2 Å². The van der Waals surface area contributed by atoms with Crippen LogP contribution in [0.5, 0.6) is 0 Å². The molecule has 1 aliphatic heterocycles. The minimum Gasteiger partial charge on any atom is -0.354 e. The summed E-state index contributed by atoms with van der Waals surface area (Å²) in [5.74, 6) is 1.79. The number of aromatic nitrogens is 2. The molecule has 0 aromatic carbocycles. The minimum atomic E-state index is 0.595. The lowest BCUT2D eigenvalue weighted by molar-refractivity contribution is 0.481. The number of rotatable bonds is 3. The Hall–Kier alpha value is -1.32. The van der Waals surface area contributed by atoms with Crippen molar-refractivity contribution in [3.05, 3.63) is 12.3 Å². The van der Waals surface area contributed by atoms with Gasteiger partial charge in [0.2, 0.25) is 5.95 Å². The Morgan fingerprint density at radius 3 is 3.12 bits per heavy atom. The van der Waals surface area contributed by atoms with Gasteiger partial charge in [-0.25, -0.2) is 4.98 Å². The molecule has 1 unspecified atom stereocenters. The molecule has 1 aliphatic rings. The van der Waals surface area contributed by atoms with Crippen LogP contribution < -0.4 is 10.2 Å². The van der Waals surface area contributed by atoms with E-state index >= 15 is 0 Å². The molecule has 88 valence electrons. The van der Waals surface area contributed by atoms with E-state index in [1.807, 2.05) is 12.3 Å². The van der Waals surface area contributed by atoms with Crippen molar-refractivity contribution < 1.29 is 0 Å². The minimum absolute atomic E-state index is 0.595. The second kappa shape index (κ2) is 5.14. The summed E-state index contributed by atoms with van der Waals surface area (Å²) in [6.07, 6.45) is 5.70. The molecule has 1 saturated heterocycles. The second-order valence-corrected chi connectivity index (χ2v) is 4.31. The molecular formula is C12H20N4. The van der Waals surface area contributed by atoms with Crippen LogP contribution in [0.2, 0.25) is 0 Å². The predicted octanol–water partition coefficient (Wildman–Crippen LogP) is 2.29. The van der Waals surface area contributed by atoms with E-state index in [0.29, 0.717) is 6.04 Å². The standard InChI is InChI=1S/C12H20N4/c1-3-13-12-14-8-7-11(15-12)16-9-5-4-6-10(16)2/h7-8,10H,3-6,9H2,1-2H3,(H,13,14,15). The van der Waals surface area contributed by atoms with Crippen molar-refractivity contribution in [3.8, 4) is 0 Å². The maximum Gasteiger partial charge on any atom is 0.224 e. The summed E-state index contributed by atoms with van der Waals surface area (Å²) in [7, 11) is 0. The third-order valence-corrected chi connectivity index (χ3v) is 3.07. The van der Waals surface area contributed by atoms with E-state index in [4.69, 9.17) is 0 Å². The van der Waals surface area contributed by atoms with Crippen LogP contribution in [0.15, 0.2) is 12.3 Å². The highest BCUT2D eigenvalue weighted by Crippen LogP contribution is 2.22. The highest BCUT2D eigenvalue weighted by atomic mass is 15.2. The van der Waals surface area contributed by atoms with E-state index in [2.05, 4.69) is 34.0 Å². The van der Waals surface area contributed by atoms with Crippen LogP contribution in [-0.2, 0) is 0 Å². The predicted molar refractivity (Wildman–Crippen MR) is 66.9 cm³/mol. The molecule has 0 saturated carbocycles. The average Bonchev–Trinajstić information content (AvgIpc) is 2.30. The first-order valence-electron chi connectivity index (χ1n) is 6.15. The molecule has 1 aromatic rings. The fraction of sp³-hybridized carbons (Fsp3) is 0.667. The fourth-order valence-corrected chi connectivity index (χ4v) is 2.19. The molecule has 1 fully saturated rings. The molecule has 1 N–H and O–H groups in total. The van der Waals surface area contributed by atoms with Gasteiger partial charge in [0.15, 0.2) is 0 Å². The molecule has 2 heterocycles. The van der Waals surface area contributed by atoms with E-state index in [-0.39, 0.29) is 0 Å². The summed E-state index contributed by atoms with van der Waals surface area (Å²) >= 11 is 0. The molecule has 1 aromatic heterocycles. The van der Waals surface area contributed by atoms with Crippen molar-refractivity contribution in [2.45, 2.75) is 39.2 Å². The fourth-order valence-electron chi connectivity index (χ4n) is 2.19. The summed E-state index contributed by atoms with van der Waals surface area (Å²) in [6, 6.07) is 2.60. The first-order chi connectivity index (χ1) is 7.81. The summed E-state index contributed by atoms with van der Waals surface area (Å²) in [6.45, 7) is 6.30. The number of hydrogen-bond acceptors (Lipinski definition) is 4. The summed E-state index contributed by atoms with van der Waals surface area (Å²) in [5.41, 5.74) is 0. The first kappa shape index (κ1) is 11.2. The van der Waals surface area contributed by atoms with E-state index in [1.165, 1.54) is 19.3 Å². The molecule has 4 nitrogen and oxygen atoms in total. The van der Waals surface area contributed by atoms with Gasteiger partial charge in [-0.15, -0.1) is 0 Å². The molecule has 0 spiro atoms. The molecule has 0 radical (unpaired) electrons. The lowest BCUT2D eigenvalue weighted by Gasteiger charge is -2.34. The molecule has 16 heavy (non-hydrogen) atoms. The van der Waals surface area contributed by atoms with Gasteiger partial charge < -0.3 is 10.2 Å². The van der Waals surface area contributed by atoms with Crippen LogP contribution in [0, 0.1) is 0 Å². The van der Waals surface area contributed by atoms with Crippen LogP contribution in [0.25, 0.3) is 0 Å². The van der Waals surface area contributed by atoms with E-state index < -0.39 is 0 Å². The quantitative estimate of drug-likeness (QED) is 0.848. The molecular weight excluding hydrogens is 200 g/mol. The van der Waals surface area contributed by atoms with Crippen LogP contribution in [0.4, 0.5) is 11.8 Å². The van der Waals surface area contributed by atoms with Gasteiger partial charge in [0.05, 0.1) is 0 Å². The van der Waals surface area contributed by atoms with Crippen LogP contribution in [0.1, 0.15) is 33.1 Å². The molecule has 1 atom stereocenters. The van der Waals surface area contributed by atoms with Gasteiger partial charge in [0.1, 0.15) is 5.82 Å². The third kappa shape index (κ3) is 2.43. The van der Waals surface area contributed by atoms with Crippen molar-refractivity contribution in [1.29, 1.82) is 0 Å². The number of hydrogen-bond donors (Lipinski definition) is 1. The van der Waals surface area contributed by atoms with Crippen molar-refractivity contribution in [1.82, 2.24) is 9.97 Å². The number of nitrogens with zero attached hydrogens (tertiary/aromatic N) is 3. The van der Waals surface area contributed by atoms with Crippen LogP contribution >= 0.6 is 0 Å². The maximum absolute atomic E-state index is 4.54. The normalized spacial score (nSPS) is 20.9. The lowest BCUT2D eigenvalue weighted by atomic mass is 10.0. The Balaban J connectivity index is 2.15. The molecule has 0 amide bonds. The molecule has 4 heteroatoms. The van der Waals surface area contributed by atoms with Crippen molar-refractivity contribution in [2.24, 2.45) is 0 Å². The maximum atomic E-state index is 4.54. The summed E-state index contributed by atoms with van der Waals surface area (Å²) in [4.78, 5) is 11.1. The molecule has 2 rings (SSSR count).